The summed E-state index contributed by atoms with van der Waals surface area (Å²) >= 11 is 1.12. The summed E-state index contributed by atoms with van der Waals surface area (Å²) in [7, 11) is 3.03. The molecule has 176 valence electrons. The minimum Gasteiger partial charge on any atom is -0.497 e. The van der Waals surface area contributed by atoms with Crippen molar-refractivity contribution in [1.82, 2.24) is 4.57 Å². The van der Waals surface area contributed by atoms with Gasteiger partial charge >= 0.3 is 5.97 Å². The molecule has 9 heteroatoms. The zero-order valence-electron chi connectivity index (χ0n) is 19.1. The Morgan fingerprint density at radius 2 is 1.97 bits per heavy atom. The van der Waals surface area contributed by atoms with Crippen LogP contribution in [0.1, 0.15) is 31.0 Å². The molecule has 1 unspecified atom stereocenters. The van der Waals surface area contributed by atoms with Gasteiger partial charge in [0.1, 0.15) is 23.4 Å². The predicted molar refractivity (Wildman–Crippen MR) is 126 cm³/mol. The van der Waals surface area contributed by atoms with Crippen molar-refractivity contribution in [3.05, 3.63) is 90.4 Å². The third-order valence-corrected chi connectivity index (χ3v) is 6.42. The second-order valence-corrected chi connectivity index (χ2v) is 8.44. The van der Waals surface area contributed by atoms with E-state index in [1.807, 2.05) is 0 Å². The van der Waals surface area contributed by atoms with E-state index in [0.29, 0.717) is 27.6 Å². The van der Waals surface area contributed by atoms with Crippen molar-refractivity contribution in [2.45, 2.75) is 19.9 Å². The molecule has 1 atom stereocenters. The molecule has 0 spiro atoms. The van der Waals surface area contributed by atoms with Gasteiger partial charge in [0.25, 0.3) is 5.56 Å². The van der Waals surface area contributed by atoms with Gasteiger partial charge < -0.3 is 14.2 Å². The third kappa shape index (κ3) is 4.14. The molecule has 4 rings (SSSR count). The van der Waals surface area contributed by atoms with Crippen molar-refractivity contribution in [3.8, 4) is 11.5 Å². The number of fused-ring (bicyclic) bond motifs is 1. The van der Waals surface area contributed by atoms with Crippen LogP contribution in [-0.4, -0.2) is 31.4 Å². The van der Waals surface area contributed by atoms with Gasteiger partial charge in [-0.25, -0.2) is 14.2 Å². The predicted octanol–water partition coefficient (Wildman–Crippen LogP) is 2.95. The Morgan fingerprint density at radius 1 is 1.21 bits per heavy atom. The van der Waals surface area contributed by atoms with Crippen LogP contribution in [0.3, 0.4) is 0 Å². The number of esters is 1. The van der Waals surface area contributed by atoms with E-state index in [1.165, 1.54) is 30.9 Å². The van der Waals surface area contributed by atoms with Crippen molar-refractivity contribution in [3.63, 3.8) is 0 Å². The van der Waals surface area contributed by atoms with Crippen LogP contribution in [0.2, 0.25) is 0 Å². The summed E-state index contributed by atoms with van der Waals surface area (Å²) in [5, 5.41) is 0. The van der Waals surface area contributed by atoms with Crippen molar-refractivity contribution in [2.24, 2.45) is 4.99 Å². The normalized spacial score (nSPS) is 15.6. The molecule has 3 aromatic rings. The number of benzene rings is 2. The number of ether oxygens (including phenoxy) is 3. The molecular weight excluding hydrogens is 459 g/mol. The first-order chi connectivity index (χ1) is 16.4. The third-order valence-electron chi connectivity index (χ3n) is 5.44. The Hall–Kier alpha value is -3.72. The number of nitrogens with zero attached hydrogens (tertiary/aromatic N) is 2. The lowest BCUT2D eigenvalue weighted by Crippen LogP contribution is -2.40. The van der Waals surface area contributed by atoms with Gasteiger partial charge in [0.2, 0.25) is 0 Å². The minimum atomic E-state index is -0.872. The number of aromatic nitrogens is 1. The van der Waals surface area contributed by atoms with E-state index in [9.17, 15) is 14.0 Å². The number of carbonyl (C=O) groups is 1. The molecule has 0 amide bonds. The van der Waals surface area contributed by atoms with E-state index in [-0.39, 0.29) is 22.3 Å². The molecule has 0 fully saturated rings. The van der Waals surface area contributed by atoms with E-state index in [0.717, 1.165) is 11.3 Å². The summed E-state index contributed by atoms with van der Waals surface area (Å²) < 4.78 is 32.2. The molecule has 7 nitrogen and oxygen atoms in total. The van der Waals surface area contributed by atoms with Gasteiger partial charge in [0, 0.05) is 11.1 Å². The van der Waals surface area contributed by atoms with E-state index in [4.69, 9.17) is 14.2 Å². The Morgan fingerprint density at radius 3 is 2.65 bits per heavy atom. The SMILES string of the molecule is CCOC(=O)C1=C(C)N=c2s/c(=C\c3ccccc3F)c(=O)n2C1c1cc(OC)ccc1OC. The number of rotatable bonds is 6. The number of halogens is 1. The maximum Gasteiger partial charge on any atom is 0.338 e. The number of hydrogen-bond donors (Lipinski definition) is 0. The highest BCUT2D eigenvalue weighted by Gasteiger charge is 2.35. The molecule has 2 heterocycles. The Kier molecular flexibility index (Phi) is 6.65. The van der Waals surface area contributed by atoms with Gasteiger partial charge in [0.15, 0.2) is 4.80 Å². The quantitative estimate of drug-likeness (QED) is 0.505. The van der Waals surface area contributed by atoms with Crippen molar-refractivity contribution >= 4 is 23.4 Å². The second kappa shape index (κ2) is 9.64. The zero-order chi connectivity index (χ0) is 24.4. The minimum absolute atomic E-state index is 0.162. The fourth-order valence-corrected chi connectivity index (χ4v) is 4.91. The van der Waals surface area contributed by atoms with Gasteiger partial charge in [-0.1, -0.05) is 29.5 Å². The van der Waals surface area contributed by atoms with Crippen LogP contribution >= 0.6 is 11.3 Å². The Labute approximate surface area is 199 Å². The van der Waals surface area contributed by atoms with Crippen LogP contribution in [0.25, 0.3) is 6.08 Å². The number of carbonyl (C=O) groups excluding carboxylic acids is 1. The van der Waals surface area contributed by atoms with Crippen molar-refractivity contribution < 1.29 is 23.4 Å². The first-order valence-corrected chi connectivity index (χ1v) is 11.4. The van der Waals surface area contributed by atoms with Gasteiger partial charge in [-0.3, -0.25) is 9.36 Å². The first-order valence-electron chi connectivity index (χ1n) is 10.6. The zero-order valence-corrected chi connectivity index (χ0v) is 19.9. The van der Waals surface area contributed by atoms with Gasteiger partial charge in [-0.05, 0) is 44.2 Å². The van der Waals surface area contributed by atoms with Crippen LogP contribution in [0.5, 0.6) is 11.5 Å². The Bertz CT molecular complexity index is 1470. The van der Waals surface area contributed by atoms with Crippen molar-refractivity contribution in [2.75, 3.05) is 20.8 Å². The first kappa shape index (κ1) is 23.4. The topological polar surface area (TPSA) is 79.1 Å². The molecule has 1 aliphatic rings. The van der Waals surface area contributed by atoms with E-state index < -0.39 is 23.4 Å². The smallest absolute Gasteiger partial charge is 0.338 e. The van der Waals surface area contributed by atoms with Crippen LogP contribution in [-0.2, 0) is 9.53 Å². The molecule has 0 saturated heterocycles. The Balaban J connectivity index is 2.03. The summed E-state index contributed by atoms with van der Waals surface area (Å²) in [5.74, 6) is -0.0297. The number of hydrogen-bond acceptors (Lipinski definition) is 7. The van der Waals surface area contributed by atoms with E-state index in [2.05, 4.69) is 4.99 Å². The highest BCUT2D eigenvalue weighted by Crippen LogP contribution is 2.37. The molecule has 1 aliphatic heterocycles. The summed E-state index contributed by atoms with van der Waals surface area (Å²) in [6, 6.07) is 10.5. The maximum atomic E-state index is 14.3. The maximum absolute atomic E-state index is 14.3. The molecule has 0 saturated carbocycles. The number of thiazole rings is 1. The van der Waals surface area contributed by atoms with Crippen LogP contribution in [0.15, 0.2) is 63.5 Å². The second-order valence-electron chi connectivity index (χ2n) is 7.43. The summed E-state index contributed by atoms with van der Waals surface area (Å²) in [6.45, 7) is 3.56. The summed E-state index contributed by atoms with van der Waals surface area (Å²) in [6.07, 6.45) is 1.49. The summed E-state index contributed by atoms with van der Waals surface area (Å²) in [5.41, 5.74) is 1.06. The number of allylic oxidation sites excluding steroid dienone is 1. The fourth-order valence-electron chi connectivity index (χ4n) is 3.87. The highest BCUT2D eigenvalue weighted by atomic mass is 32.1. The molecule has 0 radical (unpaired) electrons. The largest absolute Gasteiger partial charge is 0.497 e. The standard InChI is InChI=1S/C25H23FN2O5S/c1-5-33-24(30)21-14(2)27-25-28(22(21)17-13-16(31-3)10-11-19(17)32-4)23(29)20(34-25)12-15-8-6-7-9-18(15)26/h6-13,22H,5H2,1-4H3/b20-12-. The molecule has 0 aliphatic carbocycles. The van der Waals surface area contributed by atoms with E-state index >= 15 is 0 Å². The van der Waals surface area contributed by atoms with Crippen LogP contribution < -0.4 is 24.4 Å². The molecule has 0 N–H and O–H groups in total. The highest BCUT2D eigenvalue weighted by molar-refractivity contribution is 7.07. The van der Waals surface area contributed by atoms with Crippen LogP contribution in [0.4, 0.5) is 4.39 Å². The average molecular weight is 483 g/mol. The average Bonchev–Trinajstić information content (AvgIpc) is 3.13. The monoisotopic (exact) mass is 482 g/mol. The molecule has 2 aromatic carbocycles. The number of methoxy groups -OCH3 is 2. The van der Waals surface area contributed by atoms with E-state index in [1.54, 1.807) is 50.2 Å². The van der Waals surface area contributed by atoms with Crippen LogP contribution in [0, 0.1) is 5.82 Å². The lowest BCUT2D eigenvalue weighted by Gasteiger charge is -2.26. The van der Waals surface area contributed by atoms with Gasteiger partial charge in [0.05, 0.1) is 36.6 Å². The molecule has 1 aromatic heterocycles. The molecule has 0 bridgehead atoms. The summed E-state index contributed by atoms with van der Waals surface area (Å²) in [4.78, 5) is 31.5. The molecular formula is C25H23FN2O5S. The van der Waals surface area contributed by atoms with Gasteiger partial charge in [-0.15, -0.1) is 0 Å². The lowest BCUT2D eigenvalue weighted by atomic mass is 9.94. The van der Waals surface area contributed by atoms with Gasteiger partial charge in [-0.2, -0.15) is 0 Å². The fraction of sp³-hybridized carbons (Fsp3) is 0.240. The van der Waals surface area contributed by atoms with Crippen molar-refractivity contribution in [1.29, 1.82) is 0 Å². The molecule has 34 heavy (non-hydrogen) atoms. The lowest BCUT2D eigenvalue weighted by molar-refractivity contribution is -0.139.